The van der Waals surface area contributed by atoms with Gasteiger partial charge in [0.05, 0.1) is 18.2 Å². The molecule has 2 aromatic carbocycles. The molecule has 2 aromatic rings. The fraction of sp³-hybridized carbons (Fsp3) is 0.188. The smallest absolute Gasteiger partial charge is 0.127 e. The van der Waals surface area contributed by atoms with E-state index in [1.165, 1.54) is 5.56 Å². The summed E-state index contributed by atoms with van der Waals surface area (Å²) >= 11 is 7.03. The van der Waals surface area contributed by atoms with Crippen LogP contribution in [0.15, 0.2) is 39.3 Å². The number of benzene rings is 2. The largest absolute Gasteiger partial charge is 0.493 e. The van der Waals surface area contributed by atoms with Crippen molar-refractivity contribution in [3.05, 3.63) is 56.0 Å². The van der Waals surface area contributed by atoms with Crippen LogP contribution in [-0.4, -0.2) is 6.61 Å². The third-order valence-electron chi connectivity index (χ3n) is 3.39. The molecule has 0 bridgehead atoms. The first-order valence-corrected chi connectivity index (χ1v) is 8.13. The number of fused-ring (bicyclic) bond motifs is 1. The first kappa shape index (κ1) is 14.4. The minimum Gasteiger partial charge on any atom is -0.493 e. The van der Waals surface area contributed by atoms with E-state index in [4.69, 9.17) is 10.00 Å². The average Bonchev–Trinajstić information content (AvgIpc) is 2.93. The molecule has 0 aromatic heterocycles. The highest BCUT2D eigenvalue weighted by molar-refractivity contribution is 9.10. The molecule has 1 N–H and O–H groups in total. The Balaban J connectivity index is 1.81. The topological polar surface area (TPSA) is 45.0 Å². The van der Waals surface area contributed by atoms with Gasteiger partial charge in [0.1, 0.15) is 5.75 Å². The van der Waals surface area contributed by atoms with Crippen molar-refractivity contribution in [3.63, 3.8) is 0 Å². The zero-order valence-corrected chi connectivity index (χ0v) is 14.3. The van der Waals surface area contributed by atoms with Gasteiger partial charge in [0.15, 0.2) is 0 Å². The summed E-state index contributed by atoms with van der Waals surface area (Å²) in [5.74, 6) is 0.996. The molecule has 1 aliphatic heterocycles. The third kappa shape index (κ3) is 3.07. The van der Waals surface area contributed by atoms with Crippen LogP contribution in [0.5, 0.6) is 5.75 Å². The van der Waals surface area contributed by atoms with Crippen molar-refractivity contribution in [1.82, 2.24) is 0 Å². The van der Waals surface area contributed by atoms with E-state index >= 15 is 0 Å². The number of hydrogen-bond donors (Lipinski definition) is 1. The molecule has 5 heteroatoms. The van der Waals surface area contributed by atoms with Gasteiger partial charge in [-0.3, -0.25) is 0 Å². The van der Waals surface area contributed by atoms with Crippen LogP contribution in [0.3, 0.4) is 0 Å². The second-order valence-corrected chi connectivity index (χ2v) is 6.58. The SMILES string of the molecule is N#Cc1ccc(NCc2cc(Br)cc3c2OCC3)c(Br)c1. The number of rotatable bonds is 3. The predicted octanol–water partition coefficient (Wildman–Crippen LogP) is 4.63. The van der Waals surface area contributed by atoms with E-state index < -0.39 is 0 Å². The molecule has 0 fully saturated rings. The summed E-state index contributed by atoms with van der Waals surface area (Å²) in [6.07, 6.45) is 0.961. The van der Waals surface area contributed by atoms with Crippen molar-refractivity contribution in [2.75, 3.05) is 11.9 Å². The lowest BCUT2D eigenvalue weighted by Gasteiger charge is -2.12. The van der Waals surface area contributed by atoms with E-state index in [9.17, 15) is 0 Å². The van der Waals surface area contributed by atoms with Gasteiger partial charge in [-0.2, -0.15) is 5.26 Å². The summed E-state index contributed by atoms with van der Waals surface area (Å²) in [6, 6.07) is 11.8. The monoisotopic (exact) mass is 406 g/mol. The number of nitrogens with zero attached hydrogens (tertiary/aromatic N) is 1. The quantitative estimate of drug-likeness (QED) is 0.806. The minimum atomic E-state index is 0.638. The van der Waals surface area contributed by atoms with Gasteiger partial charge in [0.2, 0.25) is 0 Å². The van der Waals surface area contributed by atoms with Gasteiger partial charge in [-0.05, 0) is 51.8 Å². The Morgan fingerprint density at radius 1 is 1.24 bits per heavy atom. The van der Waals surface area contributed by atoms with E-state index in [0.717, 1.165) is 39.0 Å². The number of nitriles is 1. The van der Waals surface area contributed by atoms with Crippen molar-refractivity contribution >= 4 is 37.5 Å². The Kier molecular flexibility index (Phi) is 4.18. The second-order valence-electron chi connectivity index (χ2n) is 4.81. The fourth-order valence-corrected chi connectivity index (χ4v) is 3.47. The van der Waals surface area contributed by atoms with Crippen LogP contribution in [0.2, 0.25) is 0 Å². The minimum absolute atomic E-state index is 0.638. The number of halogens is 2. The van der Waals surface area contributed by atoms with Crippen LogP contribution >= 0.6 is 31.9 Å². The second kappa shape index (κ2) is 6.08. The molecule has 3 rings (SSSR count). The fourth-order valence-electron chi connectivity index (χ4n) is 2.40. The molecular weight excluding hydrogens is 396 g/mol. The summed E-state index contributed by atoms with van der Waals surface area (Å²) in [7, 11) is 0. The summed E-state index contributed by atoms with van der Waals surface area (Å²) < 4.78 is 7.68. The van der Waals surface area contributed by atoms with Crippen LogP contribution < -0.4 is 10.1 Å². The molecule has 1 heterocycles. The molecule has 3 nitrogen and oxygen atoms in total. The highest BCUT2D eigenvalue weighted by atomic mass is 79.9. The predicted molar refractivity (Wildman–Crippen MR) is 89.5 cm³/mol. The lowest BCUT2D eigenvalue weighted by molar-refractivity contribution is 0.354. The van der Waals surface area contributed by atoms with Gasteiger partial charge in [-0.25, -0.2) is 0 Å². The molecule has 0 unspecified atom stereocenters. The summed E-state index contributed by atoms with van der Waals surface area (Å²) in [5, 5.41) is 12.3. The van der Waals surface area contributed by atoms with Gasteiger partial charge >= 0.3 is 0 Å². The van der Waals surface area contributed by atoms with Crippen molar-refractivity contribution in [2.24, 2.45) is 0 Å². The highest BCUT2D eigenvalue weighted by Crippen LogP contribution is 2.34. The average molecular weight is 408 g/mol. The lowest BCUT2D eigenvalue weighted by Crippen LogP contribution is -2.02. The van der Waals surface area contributed by atoms with Gasteiger partial charge in [0.25, 0.3) is 0 Å². The zero-order valence-electron chi connectivity index (χ0n) is 11.1. The maximum atomic E-state index is 8.88. The zero-order chi connectivity index (χ0) is 14.8. The Morgan fingerprint density at radius 2 is 2.10 bits per heavy atom. The van der Waals surface area contributed by atoms with Crippen molar-refractivity contribution in [3.8, 4) is 11.8 Å². The number of ether oxygens (including phenoxy) is 1. The Morgan fingerprint density at radius 3 is 2.86 bits per heavy atom. The molecule has 0 amide bonds. The Labute approximate surface area is 140 Å². The van der Waals surface area contributed by atoms with Crippen molar-refractivity contribution in [1.29, 1.82) is 5.26 Å². The molecule has 106 valence electrons. The normalized spacial score (nSPS) is 12.4. The van der Waals surface area contributed by atoms with Crippen LogP contribution in [0.4, 0.5) is 5.69 Å². The van der Waals surface area contributed by atoms with Crippen molar-refractivity contribution < 1.29 is 4.74 Å². The van der Waals surface area contributed by atoms with Gasteiger partial charge in [0, 0.05) is 33.2 Å². The van der Waals surface area contributed by atoms with E-state index in [1.807, 2.05) is 12.1 Å². The molecule has 0 aliphatic carbocycles. The molecule has 0 atom stereocenters. The first-order chi connectivity index (χ1) is 10.2. The highest BCUT2D eigenvalue weighted by Gasteiger charge is 2.17. The van der Waals surface area contributed by atoms with E-state index in [1.54, 1.807) is 6.07 Å². The van der Waals surface area contributed by atoms with Gasteiger partial charge < -0.3 is 10.1 Å². The molecule has 0 spiro atoms. The molecular formula is C16H12Br2N2O. The van der Waals surface area contributed by atoms with E-state index in [2.05, 4.69) is 55.4 Å². The number of anilines is 1. The molecule has 21 heavy (non-hydrogen) atoms. The van der Waals surface area contributed by atoms with Crippen LogP contribution in [-0.2, 0) is 13.0 Å². The standard InChI is InChI=1S/C16H12Br2N2O/c17-13-6-11-3-4-21-16(11)12(7-13)9-20-15-2-1-10(8-19)5-14(15)18/h1-2,5-7,20H,3-4,9H2. The van der Waals surface area contributed by atoms with Crippen molar-refractivity contribution in [2.45, 2.75) is 13.0 Å². The number of nitrogens with one attached hydrogen (secondary N) is 1. The number of hydrogen-bond acceptors (Lipinski definition) is 3. The summed E-state index contributed by atoms with van der Waals surface area (Å²) in [5.41, 5.74) is 3.98. The van der Waals surface area contributed by atoms with E-state index in [-0.39, 0.29) is 0 Å². The Bertz CT molecular complexity index is 738. The maximum Gasteiger partial charge on any atom is 0.127 e. The van der Waals surface area contributed by atoms with Gasteiger partial charge in [-0.15, -0.1) is 0 Å². The summed E-state index contributed by atoms with van der Waals surface area (Å²) in [6.45, 7) is 1.42. The molecule has 1 aliphatic rings. The molecule has 0 saturated carbocycles. The Hall–Kier alpha value is -1.51. The van der Waals surface area contributed by atoms with Crippen LogP contribution in [0, 0.1) is 11.3 Å². The summed E-state index contributed by atoms with van der Waals surface area (Å²) in [4.78, 5) is 0. The van der Waals surface area contributed by atoms with Gasteiger partial charge in [-0.1, -0.05) is 15.9 Å². The maximum absolute atomic E-state index is 8.88. The molecule has 0 radical (unpaired) electrons. The van der Waals surface area contributed by atoms with Crippen LogP contribution in [0.1, 0.15) is 16.7 Å². The van der Waals surface area contributed by atoms with Crippen LogP contribution in [0.25, 0.3) is 0 Å². The van der Waals surface area contributed by atoms with E-state index in [0.29, 0.717) is 12.1 Å². The molecule has 0 saturated heterocycles. The first-order valence-electron chi connectivity index (χ1n) is 6.55. The lowest BCUT2D eigenvalue weighted by atomic mass is 10.1. The third-order valence-corrected chi connectivity index (χ3v) is 4.51.